The highest BCUT2D eigenvalue weighted by molar-refractivity contribution is 7.14. The van der Waals surface area contributed by atoms with Gasteiger partial charge in [0.1, 0.15) is 0 Å². The minimum Gasteiger partial charge on any atom is -0.342 e. The third kappa shape index (κ3) is 5.52. The molecule has 1 aromatic heterocycles. The van der Waals surface area contributed by atoms with E-state index >= 15 is 0 Å². The molecule has 2 fully saturated rings. The number of amides is 2. The molecule has 0 radical (unpaired) electrons. The van der Waals surface area contributed by atoms with E-state index in [-0.39, 0.29) is 11.8 Å². The van der Waals surface area contributed by atoms with Gasteiger partial charge in [0.25, 0.3) is 0 Å². The van der Waals surface area contributed by atoms with Crippen LogP contribution >= 0.6 is 11.3 Å². The van der Waals surface area contributed by atoms with Gasteiger partial charge in [0, 0.05) is 30.0 Å². The molecule has 0 spiro atoms. The van der Waals surface area contributed by atoms with Gasteiger partial charge in [-0.05, 0) is 76.2 Å². The van der Waals surface area contributed by atoms with Gasteiger partial charge in [-0.15, -0.1) is 11.3 Å². The van der Waals surface area contributed by atoms with Gasteiger partial charge in [-0.1, -0.05) is 12.1 Å². The standard InChI is InChI=1S/C24H32N4O2S/c1-17-6-7-20(14-18(17)2)21-16-31-24(25-21)26-22(29)15-27-12-8-19(9-13-27)23(30)28-10-4-3-5-11-28/h6-7,14,16,19H,3-5,8-13,15H2,1-2H3,(H,25,26,29). The second-order valence-electron chi connectivity index (χ2n) is 8.82. The second kappa shape index (κ2) is 9.92. The Hall–Kier alpha value is -2.25. The van der Waals surface area contributed by atoms with Crippen LogP contribution in [-0.2, 0) is 9.59 Å². The van der Waals surface area contributed by atoms with E-state index in [1.165, 1.54) is 28.9 Å². The van der Waals surface area contributed by atoms with E-state index in [2.05, 4.69) is 47.2 Å². The van der Waals surface area contributed by atoms with Crippen LogP contribution < -0.4 is 5.32 Å². The molecule has 2 aliphatic rings. The lowest BCUT2D eigenvalue weighted by Crippen LogP contribution is -2.45. The van der Waals surface area contributed by atoms with Crippen LogP contribution in [0.2, 0.25) is 0 Å². The molecule has 2 aliphatic heterocycles. The van der Waals surface area contributed by atoms with E-state index in [0.29, 0.717) is 17.6 Å². The average Bonchev–Trinajstić information content (AvgIpc) is 3.24. The highest BCUT2D eigenvalue weighted by atomic mass is 32.1. The van der Waals surface area contributed by atoms with Crippen molar-refractivity contribution in [3.8, 4) is 11.3 Å². The molecule has 0 atom stereocenters. The molecular weight excluding hydrogens is 408 g/mol. The normalized spacial score (nSPS) is 18.2. The molecule has 6 nitrogen and oxygen atoms in total. The van der Waals surface area contributed by atoms with Gasteiger partial charge in [-0.25, -0.2) is 4.98 Å². The molecule has 0 bridgehead atoms. The van der Waals surface area contributed by atoms with Gasteiger partial charge >= 0.3 is 0 Å². The van der Waals surface area contributed by atoms with Gasteiger partial charge in [-0.3, -0.25) is 14.5 Å². The molecule has 166 valence electrons. The number of aryl methyl sites for hydroxylation is 2. The summed E-state index contributed by atoms with van der Waals surface area (Å²) in [6.07, 6.45) is 5.19. The molecule has 0 aliphatic carbocycles. The number of carbonyl (C=O) groups excluding carboxylic acids is 2. The third-order valence-electron chi connectivity index (χ3n) is 6.52. The highest BCUT2D eigenvalue weighted by Crippen LogP contribution is 2.27. The molecule has 0 saturated carbocycles. The second-order valence-corrected chi connectivity index (χ2v) is 9.68. The Bertz CT molecular complexity index is 927. The minimum atomic E-state index is -0.0400. The first-order valence-electron chi connectivity index (χ1n) is 11.3. The zero-order valence-corrected chi connectivity index (χ0v) is 19.3. The fraction of sp³-hybridized carbons (Fsp3) is 0.542. The Balaban J connectivity index is 1.25. The van der Waals surface area contributed by atoms with E-state index in [1.807, 2.05) is 10.3 Å². The number of nitrogens with one attached hydrogen (secondary N) is 1. The fourth-order valence-corrected chi connectivity index (χ4v) is 5.17. The number of carbonyl (C=O) groups is 2. The van der Waals surface area contributed by atoms with Crippen LogP contribution in [0, 0.1) is 19.8 Å². The van der Waals surface area contributed by atoms with E-state index in [1.54, 1.807) is 0 Å². The Labute approximate surface area is 188 Å². The molecule has 31 heavy (non-hydrogen) atoms. The number of benzene rings is 1. The van der Waals surface area contributed by atoms with E-state index < -0.39 is 0 Å². The predicted octanol–water partition coefficient (Wildman–Crippen LogP) is 4.09. The van der Waals surface area contributed by atoms with Crippen LogP contribution in [0.1, 0.15) is 43.2 Å². The first-order valence-corrected chi connectivity index (χ1v) is 12.2. The maximum absolute atomic E-state index is 12.7. The summed E-state index contributed by atoms with van der Waals surface area (Å²) < 4.78 is 0. The number of nitrogens with zero attached hydrogens (tertiary/aromatic N) is 3. The lowest BCUT2D eigenvalue weighted by molar-refractivity contribution is -0.138. The van der Waals surface area contributed by atoms with Gasteiger partial charge in [0.15, 0.2) is 5.13 Å². The first kappa shape index (κ1) is 22.0. The number of piperidine rings is 2. The van der Waals surface area contributed by atoms with Crippen molar-refractivity contribution in [3.63, 3.8) is 0 Å². The fourth-order valence-electron chi connectivity index (χ4n) is 4.44. The van der Waals surface area contributed by atoms with E-state index in [0.717, 1.165) is 63.1 Å². The third-order valence-corrected chi connectivity index (χ3v) is 7.28. The topological polar surface area (TPSA) is 65.5 Å². The van der Waals surface area contributed by atoms with Crippen molar-refractivity contribution in [1.82, 2.24) is 14.8 Å². The molecule has 2 saturated heterocycles. The average molecular weight is 441 g/mol. The molecule has 7 heteroatoms. The smallest absolute Gasteiger partial charge is 0.240 e. The number of likely N-dealkylation sites (tertiary alicyclic amines) is 2. The number of rotatable bonds is 5. The lowest BCUT2D eigenvalue weighted by atomic mass is 9.94. The maximum Gasteiger partial charge on any atom is 0.240 e. The summed E-state index contributed by atoms with van der Waals surface area (Å²) in [6.45, 7) is 7.96. The quantitative estimate of drug-likeness (QED) is 0.761. The molecule has 2 aromatic rings. The number of hydrogen-bond donors (Lipinski definition) is 1. The Morgan fingerprint density at radius 2 is 1.81 bits per heavy atom. The Morgan fingerprint density at radius 1 is 1.06 bits per heavy atom. The Morgan fingerprint density at radius 3 is 2.52 bits per heavy atom. The van der Waals surface area contributed by atoms with E-state index in [4.69, 9.17) is 0 Å². The number of aromatic nitrogens is 1. The highest BCUT2D eigenvalue weighted by Gasteiger charge is 2.29. The maximum atomic E-state index is 12.7. The van der Waals surface area contributed by atoms with Crippen LogP contribution in [-0.4, -0.2) is 59.3 Å². The minimum absolute atomic E-state index is 0.0400. The number of anilines is 1. The molecule has 0 unspecified atom stereocenters. The molecular formula is C24H32N4O2S. The largest absolute Gasteiger partial charge is 0.342 e. The van der Waals surface area contributed by atoms with Crippen LogP contribution in [0.3, 0.4) is 0 Å². The number of hydrogen-bond acceptors (Lipinski definition) is 5. The summed E-state index contributed by atoms with van der Waals surface area (Å²) in [5.74, 6) is 0.407. The Kier molecular flexibility index (Phi) is 7.02. The van der Waals surface area contributed by atoms with Crippen molar-refractivity contribution >= 4 is 28.3 Å². The monoisotopic (exact) mass is 440 g/mol. The van der Waals surface area contributed by atoms with Crippen molar-refractivity contribution in [1.29, 1.82) is 0 Å². The molecule has 4 rings (SSSR count). The van der Waals surface area contributed by atoms with Crippen molar-refractivity contribution in [2.75, 3.05) is 38.0 Å². The van der Waals surface area contributed by atoms with Crippen LogP contribution in [0.15, 0.2) is 23.6 Å². The zero-order valence-electron chi connectivity index (χ0n) is 18.5. The summed E-state index contributed by atoms with van der Waals surface area (Å²) in [5, 5.41) is 5.56. The summed E-state index contributed by atoms with van der Waals surface area (Å²) in [4.78, 5) is 34.0. The summed E-state index contributed by atoms with van der Waals surface area (Å²) in [7, 11) is 0. The van der Waals surface area contributed by atoms with Gasteiger partial charge in [-0.2, -0.15) is 0 Å². The van der Waals surface area contributed by atoms with Crippen molar-refractivity contribution in [2.24, 2.45) is 5.92 Å². The predicted molar refractivity (Wildman–Crippen MR) is 125 cm³/mol. The van der Waals surface area contributed by atoms with Crippen molar-refractivity contribution in [2.45, 2.75) is 46.0 Å². The molecule has 3 heterocycles. The van der Waals surface area contributed by atoms with Crippen molar-refractivity contribution in [3.05, 3.63) is 34.7 Å². The lowest BCUT2D eigenvalue weighted by Gasteiger charge is -2.35. The van der Waals surface area contributed by atoms with Gasteiger partial charge < -0.3 is 10.2 Å². The molecule has 1 N–H and O–H groups in total. The van der Waals surface area contributed by atoms with Crippen LogP contribution in [0.4, 0.5) is 5.13 Å². The summed E-state index contributed by atoms with van der Waals surface area (Å²) in [6, 6.07) is 6.30. The zero-order chi connectivity index (χ0) is 21.8. The van der Waals surface area contributed by atoms with Crippen molar-refractivity contribution < 1.29 is 9.59 Å². The molecule has 2 amide bonds. The first-order chi connectivity index (χ1) is 15.0. The molecule has 1 aromatic carbocycles. The van der Waals surface area contributed by atoms with Crippen LogP contribution in [0.25, 0.3) is 11.3 Å². The van der Waals surface area contributed by atoms with Crippen LogP contribution in [0.5, 0.6) is 0 Å². The number of thiazole rings is 1. The summed E-state index contributed by atoms with van der Waals surface area (Å²) in [5.41, 5.74) is 4.45. The van der Waals surface area contributed by atoms with Gasteiger partial charge in [0.05, 0.1) is 12.2 Å². The SMILES string of the molecule is Cc1ccc(-c2csc(NC(=O)CN3CCC(C(=O)N4CCCCC4)CC3)n2)cc1C. The summed E-state index contributed by atoms with van der Waals surface area (Å²) >= 11 is 1.45. The van der Waals surface area contributed by atoms with E-state index in [9.17, 15) is 9.59 Å². The van der Waals surface area contributed by atoms with Gasteiger partial charge in [0.2, 0.25) is 11.8 Å².